The molecule has 94 valence electrons. The molecule has 2 aromatic rings. The number of hydrogen-bond donors (Lipinski definition) is 1. The largest absolute Gasteiger partial charge is 0.483 e. The maximum absolute atomic E-state index is 5.88. The Labute approximate surface area is 112 Å². The Morgan fingerprint density at radius 2 is 2.11 bits per heavy atom. The molecule has 1 unspecified atom stereocenters. The fourth-order valence-electron chi connectivity index (χ4n) is 1.81. The third-order valence-electron chi connectivity index (χ3n) is 2.71. The van der Waals surface area contributed by atoms with Gasteiger partial charge in [-0.1, -0.05) is 35.9 Å². The summed E-state index contributed by atoms with van der Waals surface area (Å²) < 4.78 is 5.84. The topological polar surface area (TPSA) is 48.1 Å². The second kappa shape index (κ2) is 5.85. The maximum Gasteiger partial charge on any atom is 0.140 e. The van der Waals surface area contributed by atoms with Crippen LogP contribution in [0, 0.1) is 6.92 Å². The summed E-state index contributed by atoms with van der Waals surface area (Å²) in [4.78, 5) is 3.99. The van der Waals surface area contributed by atoms with Crippen molar-refractivity contribution in [1.29, 1.82) is 0 Å². The van der Waals surface area contributed by atoms with Crippen LogP contribution < -0.4 is 10.5 Å². The van der Waals surface area contributed by atoms with Crippen LogP contribution in [-0.4, -0.2) is 11.5 Å². The van der Waals surface area contributed by atoms with Gasteiger partial charge >= 0.3 is 0 Å². The fourth-order valence-corrected chi connectivity index (χ4v) is 1.97. The third-order valence-corrected chi connectivity index (χ3v) is 2.91. The lowest BCUT2D eigenvalue weighted by molar-refractivity contribution is 0.212. The van der Waals surface area contributed by atoms with E-state index >= 15 is 0 Å². The van der Waals surface area contributed by atoms with Gasteiger partial charge in [0.05, 0.1) is 11.2 Å². The summed E-state index contributed by atoms with van der Waals surface area (Å²) in [5.74, 6) is 0.626. The zero-order chi connectivity index (χ0) is 13.0. The molecule has 2 rings (SSSR count). The number of aryl methyl sites for hydroxylation is 1. The molecule has 1 aromatic heterocycles. The Kier molecular flexibility index (Phi) is 4.18. The molecule has 0 spiro atoms. The van der Waals surface area contributed by atoms with Gasteiger partial charge < -0.3 is 10.5 Å². The summed E-state index contributed by atoms with van der Waals surface area (Å²) in [6.07, 6.45) is 3.01. The number of hydrogen-bond acceptors (Lipinski definition) is 3. The average Bonchev–Trinajstić information content (AvgIpc) is 2.37. The molecule has 0 saturated heterocycles. The summed E-state index contributed by atoms with van der Waals surface area (Å²) in [7, 11) is 0. The van der Waals surface area contributed by atoms with Gasteiger partial charge in [0, 0.05) is 18.8 Å². The van der Waals surface area contributed by atoms with E-state index in [2.05, 4.69) is 4.98 Å². The molecule has 18 heavy (non-hydrogen) atoms. The molecule has 0 saturated carbocycles. The summed E-state index contributed by atoms with van der Waals surface area (Å²) in [6, 6.07) is 9.76. The summed E-state index contributed by atoms with van der Waals surface area (Å²) in [6.45, 7) is 2.44. The maximum atomic E-state index is 5.88. The first-order chi connectivity index (χ1) is 8.70. The number of pyridine rings is 1. The zero-order valence-corrected chi connectivity index (χ0v) is 10.9. The minimum Gasteiger partial charge on any atom is -0.483 e. The van der Waals surface area contributed by atoms with E-state index in [0.29, 0.717) is 17.3 Å². The van der Waals surface area contributed by atoms with Crippen LogP contribution in [0.4, 0.5) is 0 Å². The van der Waals surface area contributed by atoms with Crippen molar-refractivity contribution in [3.8, 4) is 5.75 Å². The van der Waals surface area contributed by atoms with Gasteiger partial charge in [0.25, 0.3) is 0 Å². The molecule has 0 fully saturated rings. The molecule has 1 atom stereocenters. The number of aromatic nitrogens is 1. The molecule has 0 aliphatic carbocycles. The predicted octanol–water partition coefficient (Wildman–Crippen LogP) is 3.12. The minimum atomic E-state index is -0.188. The highest BCUT2D eigenvalue weighted by Crippen LogP contribution is 2.24. The van der Waals surface area contributed by atoms with Crippen molar-refractivity contribution >= 4 is 11.6 Å². The van der Waals surface area contributed by atoms with E-state index in [9.17, 15) is 0 Å². The van der Waals surface area contributed by atoms with Crippen LogP contribution in [0.3, 0.4) is 0 Å². The predicted molar refractivity (Wildman–Crippen MR) is 72.8 cm³/mol. The molecule has 4 heteroatoms. The zero-order valence-electron chi connectivity index (χ0n) is 10.1. The normalized spacial score (nSPS) is 12.2. The lowest BCUT2D eigenvalue weighted by Crippen LogP contribution is -2.19. The highest BCUT2D eigenvalue weighted by molar-refractivity contribution is 6.30. The number of benzene rings is 1. The average molecular weight is 263 g/mol. The Bertz CT molecular complexity index is 531. The van der Waals surface area contributed by atoms with E-state index in [-0.39, 0.29) is 6.10 Å². The van der Waals surface area contributed by atoms with Gasteiger partial charge in [-0.15, -0.1) is 0 Å². The van der Waals surface area contributed by atoms with Crippen molar-refractivity contribution in [3.63, 3.8) is 0 Å². The molecule has 1 heterocycles. The molecular formula is C14H15ClN2O. The van der Waals surface area contributed by atoms with Gasteiger partial charge in [-0.05, 0) is 18.1 Å². The second-order valence-electron chi connectivity index (χ2n) is 4.04. The van der Waals surface area contributed by atoms with Crippen molar-refractivity contribution in [2.24, 2.45) is 5.73 Å². The van der Waals surface area contributed by atoms with Crippen LogP contribution in [0.15, 0.2) is 42.7 Å². The molecular weight excluding hydrogens is 248 g/mol. The van der Waals surface area contributed by atoms with E-state index in [1.165, 1.54) is 0 Å². The quantitative estimate of drug-likeness (QED) is 0.921. The van der Waals surface area contributed by atoms with Crippen molar-refractivity contribution in [1.82, 2.24) is 4.98 Å². The number of nitrogens with two attached hydrogens (primary N) is 1. The van der Waals surface area contributed by atoms with Crippen molar-refractivity contribution in [3.05, 3.63) is 58.9 Å². The second-order valence-corrected chi connectivity index (χ2v) is 4.47. The highest BCUT2D eigenvalue weighted by Gasteiger charge is 2.13. The first-order valence-electron chi connectivity index (χ1n) is 5.73. The highest BCUT2D eigenvalue weighted by atomic mass is 35.5. The third kappa shape index (κ3) is 3.00. The first-order valence-corrected chi connectivity index (χ1v) is 6.11. The molecule has 0 bridgehead atoms. The van der Waals surface area contributed by atoms with Crippen LogP contribution in [0.1, 0.15) is 17.2 Å². The monoisotopic (exact) mass is 262 g/mol. The van der Waals surface area contributed by atoms with Crippen LogP contribution in [-0.2, 0) is 0 Å². The molecule has 0 amide bonds. The van der Waals surface area contributed by atoms with E-state index in [4.69, 9.17) is 22.1 Å². The molecule has 3 nitrogen and oxygen atoms in total. The number of halogens is 1. The Hall–Kier alpha value is -1.58. The van der Waals surface area contributed by atoms with Gasteiger partial charge in [-0.3, -0.25) is 4.98 Å². The Morgan fingerprint density at radius 1 is 1.33 bits per heavy atom. The lowest BCUT2D eigenvalue weighted by Gasteiger charge is -2.19. The molecule has 0 aliphatic heterocycles. The van der Waals surface area contributed by atoms with Crippen LogP contribution >= 0.6 is 11.6 Å². The van der Waals surface area contributed by atoms with Crippen LogP contribution in [0.2, 0.25) is 5.02 Å². The van der Waals surface area contributed by atoms with E-state index in [1.54, 1.807) is 18.5 Å². The van der Waals surface area contributed by atoms with Gasteiger partial charge in [0.15, 0.2) is 0 Å². The number of nitrogens with zero attached hydrogens (tertiary/aromatic N) is 1. The van der Waals surface area contributed by atoms with E-state index in [1.807, 2.05) is 31.2 Å². The lowest BCUT2D eigenvalue weighted by atomic mass is 10.0. The summed E-state index contributed by atoms with van der Waals surface area (Å²) in [5, 5.41) is 0.549. The molecule has 2 N–H and O–H groups in total. The minimum absolute atomic E-state index is 0.188. The Morgan fingerprint density at radius 3 is 2.78 bits per heavy atom. The standard InChI is InChI=1S/C14H15ClN2O/c1-10-4-2-3-5-13(10)14(7-16)18-12-6-11(15)8-17-9-12/h2-6,8-9,14H,7,16H2,1H3. The van der Waals surface area contributed by atoms with Gasteiger partial charge in [-0.25, -0.2) is 0 Å². The fraction of sp³-hybridized carbons (Fsp3) is 0.214. The van der Waals surface area contributed by atoms with Crippen molar-refractivity contribution < 1.29 is 4.74 Å². The van der Waals surface area contributed by atoms with E-state index in [0.717, 1.165) is 11.1 Å². The summed E-state index contributed by atoms with van der Waals surface area (Å²) >= 11 is 5.88. The smallest absolute Gasteiger partial charge is 0.140 e. The van der Waals surface area contributed by atoms with Crippen molar-refractivity contribution in [2.45, 2.75) is 13.0 Å². The SMILES string of the molecule is Cc1ccccc1C(CN)Oc1cncc(Cl)c1. The number of ether oxygens (including phenoxy) is 1. The van der Waals surface area contributed by atoms with Gasteiger partial charge in [0.1, 0.15) is 11.9 Å². The molecule has 0 radical (unpaired) electrons. The summed E-state index contributed by atoms with van der Waals surface area (Å²) in [5.41, 5.74) is 8.02. The van der Waals surface area contributed by atoms with Crippen molar-refractivity contribution in [2.75, 3.05) is 6.54 Å². The number of rotatable bonds is 4. The Balaban J connectivity index is 2.23. The van der Waals surface area contributed by atoms with Gasteiger partial charge in [0.2, 0.25) is 0 Å². The molecule has 1 aromatic carbocycles. The van der Waals surface area contributed by atoms with E-state index < -0.39 is 0 Å². The first kappa shape index (κ1) is 12.9. The molecule has 0 aliphatic rings. The van der Waals surface area contributed by atoms with Crippen LogP contribution in [0.25, 0.3) is 0 Å². The van der Waals surface area contributed by atoms with Crippen LogP contribution in [0.5, 0.6) is 5.75 Å². The van der Waals surface area contributed by atoms with Gasteiger partial charge in [-0.2, -0.15) is 0 Å².